The molecule has 0 saturated heterocycles. The Balaban J connectivity index is 3.05. The molecule has 0 radical (unpaired) electrons. The van der Waals surface area contributed by atoms with Gasteiger partial charge in [0.25, 0.3) is 0 Å². The van der Waals surface area contributed by atoms with Gasteiger partial charge in [0.15, 0.2) is 0 Å². The van der Waals surface area contributed by atoms with Gasteiger partial charge in [-0.25, -0.2) is 0 Å². The lowest BCUT2D eigenvalue weighted by Gasteiger charge is -2.09. The third kappa shape index (κ3) is 2.16. The van der Waals surface area contributed by atoms with Gasteiger partial charge in [0.1, 0.15) is 11.2 Å². The van der Waals surface area contributed by atoms with Gasteiger partial charge in [0.2, 0.25) is 0 Å². The van der Waals surface area contributed by atoms with E-state index in [9.17, 15) is 5.11 Å². The molecule has 0 aromatic carbocycles. The van der Waals surface area contributed by atoms with Gasteiger partial charge in [-0.1, -0.05) is 0 Å². The molecular formula is C9H11N3OS. The average molecular weight is 209 g/mol. The molecule has 4 nitrogen and oxygen atoms in total. The summed E-state index contributed by atoms with van der Waals surface area (Å²) >= 11 is 1.10. The highest BCUT2D eigenvalue weighted by molar-refractivity contribution is 8.02. The molecular weight excluding hydrogens is 198 g/mol. The number of aromatic nitrogens is 1. The number of nitrogens with two attached hydrogens (primary N) is 1. The molecule has 0 unspecified atom stereocenters. The third-order valence-corrected chi connectivity index (χ3v) is 2.51. The minimum absolute atomic E-state index is 0.142. The normalized spacial score (nSPS) is 9.79. The summed E-state index contributed by atoms with van der Waals surface area (Å²) in [5, 5.41) is 20.0. The van der Waals surface area contributed by atoms with Crippen LogP contribution < -0.4 is 5.73 Å². The van der Waals surface area contributed by atoms with Crippen LogP contribution in [0.2, 0.25) is 0 Å². The van der Waals surface area contributed by atoms with Gasteiger partial charge >= 0.3 is 0 Å². The number of thioether (sulfide) groups is 1. The van der Waals surface area contributed by atoms with E-state index in [1.165, 1.54) is 0 Å². The van der Waals surface area contributed by atoms with Crippen molar-refractivity contribution in [1.29, 1.82) is 5.26 Å². The highest BCUT2D eigenvalue weighted by Gasteiger charge is 2.09. The van der Waals surface area contributed by atoms with E-state index in [1.807, 2.05) is 5.40 Å². The second-order valence-corrected chi connectivity index (χ2v) is 3.54. The average Bonchev–Trinajstić information content (AvgIpc) is 2.20. The van der Waals surface area contributed by atoms with Gasteiger partial charge in [0, 0.05) is 24.1 Å². The molecule has 1 rings (SSSR count). The number of aromatic hydroxyl groups is 1. The summed E-state index contributed by atoms with van der Waals surface area (Å²) in [5.41, 5.74) is 7.58. The minimum Gasteiger partial charge on any atom is -0.506 e. The summed E-state index contributed by atoms with van der Waals surface area (Å²) in [7, 11) is 0. The summed E-state index contributed by atoms with van der Waals surface area (Å²) in [5.74, 6) is 0.646. The van der Waals surface area contributed by atoms with Crippen LogP contribution in [0.5, 0.6) is 5.75 Å². The lowest BCUT2D eigenvalue weighted by atomic mass is 10.1. The Morgan fingerprint density at radius 1 is 1.71 bits per heavy atom. The van der Waals surface area contributed by atoms with Crippen molar-refractivity contribution in [1.82, 2.24) is 4.98 Å². The molecule has 0 spiro atoms. The number of hydrogen-bond acceptors (Lipinski definition) is 5. The van der Waals surface area contributed by atoms with Crippen molar-refractivity contribution in [2.45, 2.75) is 19.2 Å². The summed E-state index contributed by atoms with van der Waals surface area (Å²) in [6.07, 6.45) is 1.65. The molecule has 0 bridgehead atoms. The monoisotopic (exact) mass is 209 g/mol. The molecule has 1 heterocycles. The molecule has 74 valence electrons. The fraction of sp³-hybridized carbons (Fsp3) is 0.333. The lowest BCUT2D eigenvalue weighted by Crippen LogP contribution is -2.03. The maximum absolute atomic E-state index is 9.64. The fourth-order valence-electron chi connectivity index (χ4n) is 1.15. The number of hydrogen-bond donors (Lipinski definition) is 2. The predicted octanol–water partition coefficient (Wildman–Crippen LogP) is 1.27. The largest absolute Gasteiger partial charge is 0.506 e. The molecule has 0 aliphatic heterocycles. The Labute approximate surface area is 86.8 Å². The highest BCUT2D eigenvalue weighted by atomic mass is 32.2. The van der Waals surface area contributed by atoms with Crippen LogP contribution >= 0.6 is 11.8 Å². The SMILES string of the molecule is Cc1ncc(CSC#N)c(CN)c1O. The van der Waals surface area contributed by atoms with Crippen molar-refractivity contribution in [3.8, 4) is 11.2 Å². The van der Waals surface area contributed by atoms with Crippen LogP contribution in [0, 0.1) is 17.6 Å². The van der Waals surface area contributed by atoms with Crippen LogP contribution in [0.1, 0.15) is 16.8 Å². The van der Waals surface area contributed by atoms with Gasteiger partial charge in [-0.2, -0.15) is 5.26 Å². The molecule has 0 amide bonds. The second-order valence-electron chi connectivity index (χ2n) is 2.78. The van der Waals surface area contributed by atoms with E-state index in [-0.39, 0.29) is 12.3 Å². The Hall–Kier alpha value is -1.25. The minimum atomic E-state index is 0.142. The lowest BCUT2D eigenvalue weighted by molar-refractivity contribution is 0.459. The zero-order chi connectivity index (χ0) is 10.6. The number of pyridine rings is 1. The second kappa shape index (κ2) is 4.84. The van der Waals surface area contributed by atoms with Gasteiger partial charge in [-0.15, -0.1) is 0 Å². The van der Waals surface area contributed by atoms with Crippen molar-refractivity contribution in [2.24, 2.45) is 5.73 Å². The number of aryl methyl sites for hydroxylation is 1. The number of nitrogens with zero attached hydrogens (tertiary/aromatic N) is 2. The molecule has 1 aromatic heterocycles. The maximum atomic E-state index is 9.64. The van der Waals surface area contributed by atoms with Gasteiger partial charge in [-0.3, -0.25) is 4.98 Å². The first-order valence-corrected chi connectivity index (χ1v) is 5.06. The Morgan fingerprint density at radius 3 is 3.00 bits per heavy atom. The summed E-state index contributed by atoms with van der Waals surface area (Å²) in [6.45, 7) is 1.98. The van der Waals surface area contributed by atoms with E-state index in [4.69, 9.17) is 11.0 Å². The smallest absolute Gasteiger partial charge is 0.141 e. The van der Waals surface area contributed by atoms with Crippen molar-refractivity contribution >= 4 is 11.8 Å². The molecule has 14 heavy (non-hydrogen) atoms. The van der Waals surface area contributed by atoms with Crippen LogP contribution in [0.15, 0.2) is 6.20 Å². The van der Waals surface area contributed by atoms with Gasteiger partial charge in [-0.05, 0) is 24.2 Å². The zero-order valence-corrected chi connectivity index (χ0v) is 8.64. The third-order valence-electron chi connectivity index (χ3n) is 1.93. The van der Waals surface area contributed by atoms with Crippen molar-refractivity contribution in [3.63, 3.8) is 0 Å². The van der Waals surface area contributed by atoms with E-state index >= 15 is 0 Å². The maximum Gasteiger partial charge on any atom is 0.141 e. The predicted molar refractivity (Wildman–Crippen MR) is 55.4 cm³/mol. The molecule has 0 aliphatic rings. The van der Waals surface area contributed by atoms with Crippen molar-refractivity contribution < 1.29 is 5.11 Å². The molecule has 1 aromatic rings. The van der Waals surface area contributed by atoms with Crippen LogP contribution in [0.3, 0.4) is 0 Å². The van der Waals surface area contributed by atoms with E-state index < -0.39 is 0 Å². The first-order valence-electron chi connectivity index (χ1n) is 4.08. The summed E-state index contributed by atoms with van der Waals surface area (Å²) in [4.78, 5) is 4.01. The number of nitriles is 1. The standard InChI is InChI=1S/C9H11N3OS/c1-6-9(13)8(2-10)7(3-12-6)4-14-5-11/h3,13H,2,4,10H2,1H3. The van der Waals surface area contributed by atoms with Crippen LogP contribution in [-0.2, 0) is 12.3 Å². The Morgan fingerprint density at radius 2 is 2.43 bits per heavy atom. The molecule has 0 saturated carbocycles. The molecule has 3 N–H and O–H groups in total. The number of thiocyanates is 1. The topological polar surface area (TPSA) is 82.9 Å². The zero-order valence-electron chi connectivity index (χ0n) is 7.82. The van der Waals surface area contributed by atoms with Crippen molar-refractivity contribution in [3.05, 3.63) is 23.0 Å². The van der Waals surface area contributed by atoms with Gasteiger partial charge < -0.3 is 10.8 Å². The van der Waals surface area contributed by atoms with E-state index in [1.54, 1.807) is 13.1 Å². The Bertz CT molecular complexity index is 373. The number of rotatable bonds is 3. The van der Waals surface area contributed by atoms with Crippen LogP contribution in [0.25, 0.3) is 0 Å². The van der Waals surface area contributed by atoms with E-state index in [0.29, 0.717) is 17.0 Å². The molecule has 0 fully saturated rings. The van der Waals surface area contributed by atoms with Gasteiger partial charge in [0.05, 0.1) is 5.69 Å². The fourth-order valence-corrected chi connectivity index (χ4v) is 1.62. The Kier molecular flexibility index (Phi) is 3.74. The molecule has 5 heteroatoms. The molecule has 0 atom stereocenters. The molecule has 0 aliphatic carbocycles. The van der Waals surface area contributed by atoms with Crippen molar-refractivity contribution in [2.75, 3.05) is 0 Å². The summed E-state index contributed by atoms with van der Waals surface area (Å²) in [6, 6.07) is 0. The quantitative estimate of drug-likeness (QED) is 0.732. The van der Waals surface area contributed by atoms with Crippen LogP contribution in [-0.4, -0.2) is 10.1 Å². The highest BCUT2D eigenvalue weighted by Crippen LogP contribution is 2.25. The summed E-state index contributed by atoms with van der Waals surface area (Å²) < 4.78 is 0. The first kappa shape index (κ1) is 10.8. The first-order chi connectivity index (χ1) is 6.70. The van der Waals surface area contributed by atoms with E-state index in [2.05, 4.69) is 4.98 Å². The van der Waals surface area contributed by atoms with Crippen LogP contribution in [0.4, 0.5) is 0 Å². The van der Waals surface area contributed by atoms with E-state index in [0.717, 1.165) is 17.3 Å².